The van der Waals surface area contributed by atoms with E-state index in [4.69, 9.17) is 9.47 Å². The summed E-state index contributed by atoms with van der Waals surface area (Å²) in [7, 11) is 3.24. The molecule has 0 radical (unpaired) electrons. The summed E-state index contributed by atoms with van der Waals surface area (Å²) in [5.41, 5.74) is 1.96. The van der Waals surface area contributed by atoms with Crippen LogP contribution >= 0.6 is 0 Å². The standard InChI is InChI=1S/C20H23FN2O3/c1-25-18-7-15(8-19(10-18)26-2)11-22-17-9-20(24)23(13-17)12-14-3-5-16(21)6-4-14/h3-8,10,17,22H,9,11-13H2,1-2H3. The van der Waals surface area contributed by atoms with E-state index in [-0.39, 0.29) is 17.8 Å². The maximum Gasteiger partial charge on any atom is 0.224 e. The molecule has 138 valence electrons. The van der Waals surface area contributed by atoms with Gasteiger partial charge in [-0.25, -0.2) is 4.39 Å². The number of nitrogens with zero attached hydrogens (tertiary/aromatic N) is 1. The molecule has 1 N–H and O–H groups in total. The summed E-state index contributed by atoms with van der Waals surface area (Å²) < 4.78 is 23.6. The summed E-state index contributed by atoms with van der Waals surface area (Å²) >= 11 is 0. The van der Waals surface area contributed by atoms with Gasteiger partial charge in [-0.05, 0) is 35.4 Å². The third-order valence-corrected chi connectivity index (χ3v) is 4.51. The number of nitrogens with one attached hydrogen (secondary N) is 1. The van der Waals surface area contributed by atoms with Gasteiger partial charge in [-0.15, -0.1) is 0 Å². The number of hydrogen-bond acceptors (Lipinski definition) is 4. The number of carbonyl (C=O) groups is 1. The van der Waals surface area contributed by atoms with E-state index >= 15 is 0 Å². The second-order valence-corrected chi connectivity index (χ2v) is 6.40. The summed E-state index contributed by atoms with van der Waals surface area (Å²) in [6, 6.07) is 12.1. The molecule has 1 heterocycles. The van der Waals surface area contributed by atoms with Crippen molar-refractivity contribution in [2.24, 2.45) is 0 Å². The van der Waals surface area contributed by atoms with Gasteiger partial charge in [0.05, 0.1) is 14.2 Å². The number of ether oxygens (including phenoxy) is 2. The molecule has 0 spiro atoms. The van der Waals surface area contributed by atoms with Gasteiger partial charge < -0.3 is 19.7 Å². The van der Waals surface area contributed by atoms with Crippen LogP contribution in [0.5, 0.6) is 11.5 Å². The van der Waals surface area contributed by atoms with Crippen LogP contribution in [0.15, 0.2) is 42.5 Å². The molecule has 1 fully saturated rings. The minimum atomic E-state index is -0.269. The van der Waals surface area contributed by atoms with E-state index in [1.165, 1.54) is 12.1 Å². The lowest BCUT2D eigenvalue weighted by atomic mass is 10.1. The van der Waals surface area contributed by atoms with Gasteiger partial charge in [-0.2, -0.15) is 0 Å². The number of hydrogen-bond donors (Lipinski definition) is 1. The zero-order valence-corrected chi connectivity index (χ0v) is 15.0. The smallest absolute Gasteiger partial charge is 0.224 e. The van der Waals surface area contributed by atoms with E-state index in [0.717, 1.165) is 22.6 Å². The number of methoxy groups -OCH3 is 2. The third kappa shape index (κ3) is 4.52. The van der Waals surface area contributed by atoms with Crippen molar-refractivity contribution < 1.29 is 18.7 Å². The number of halogens is 1. The molecule has 5 nitrogen and oxygen atoms in total. The number of rotatable bonds is 7. The molecular weight excluding hydrogens is 335 g/mol. The highest BCUT2D eigenvalue weighted by Gasteiger charge is 2.29. The van der Waals surface area contributed by atoms with Gasteiger partial charge in [0, 0.05) is 38.2 Å². The summed E-state index contributed by atoms with van der Waals surface area (Å²) in [6.45, 7) is 1.76. The van der Waals surface area contributed by atoms with Crippen molar-refractivity contribution in [1.29, 1.82) is 0 Å². The topological polar surface area (TPSA) is 50.8 Å². The molecule has 1 saturated heterocycles. The molecule has 0 aliphatic carbocycles. The largest absolute Gasteiger partial charge is 0.497 e. The van der Waals surface area contributed by atoms with Crippen molar-refractivity contribution in [2.45, 2.75) is 25.6 Å². The van der Waals surface area contributed by atoms with Crippen molar-refractivity contribution in [3.63, 3.8) is 0 Å². The minimum absolute atomic E-state index is 0.0835. The zero-order chi connectivity index (χ0) is 18.5. The third-order valence-electron chi connectivity index (χ3n) is 4.51. The second-order valence-electron chi connectivity index (χ2n) is 6.40. The Hall–Kier alpha value is -2.60. The van der Waals surface area contributed by atoms with Crippen LogP contribution in [0.2, 0.25) is 0 Å². The summed E-state index contributed by atoms with van der Waals surface area (Å²) in [5.74, 6) is 1.31. The van der Waals surface area contributed by atoms with Gasteiger partial charge >= 0.3 is 0 Å². The monoisotopic (exact) mass is 358 g/mol. The molecule has 2 aromatic rings. The molecule has 1 aliphatic heterocycles. The Bertz CT molecular complexity index is 742. The number of amides is 1. The van der Waals surface area contributed by atoms with Crippen molar-refractivity contribution >= 4 is 5.91 Å². The van der Waals surface area contributed by atoms with Crippen LogP contribution < -0.4 is 14.8 Å². The van der Waals surface area contributed by atoms with Crippen LogP contribution in [-0.2, 0) is 17.9 Å². The van der Waals surface area contributed by atoms with Crippen molar-refractivity contribution in [3.05, 3.63) is 59.4 Å². The van der Waals surface area contributed by atoms with E-state index in [1.54, 1.807) is 31.3 Å². The fourth-order valence-corrected chi connectivity index (χ4v) is 3.10. The normalized spacial score (nSPS) is 16.8. The Morgan fingerprint density at radius 3 is 2.35 bits per heavy atom. The molecule has 0 bridgehead atoms. The zero-order valence-electron chi connectivity index (χ0n) is 15.0. The van der Waals surface area contributed by atoms with Gasteiger partial charge in [-0.1, -0.05) is 12.1 Å². The molecule has 1 unspecified atom stereocenters. The molecule has 3 rings (SSSR count). The quantitative estimate of drug-likeness (QED) is 0.827. The average molecular weight is 358 g/mol. The first kappa shape index (κ1) is 18.2. The number of likely N-dealkylation sites (tertiary alicyclic amines) is 1. The molecular formula is C20H23FN2O3. The van der Waals surface area contributed by atoms with Crippen molar-refractivity contribution in [1.82, 2.24) is 10.2 Å². The van der Waals surface area contributed by atoms with Crippen LogP contribution in [0.3, 0.4) is 0 Å². The molecule has 0 saturated carbocycles. The summed E-state index contributed by atoms with van der Waals surface area (Å²) in [5, 5.41) is 3.42. The Morgan fingerprint density at radius 2 is 1.73 bits per heavy atom. The highest BCUT2D eigenvalue weighted by Crippen LogP contribution is 2.23. The fourth-order valence-electron chi connectivity index (χ4n) is 3.10. The summed E-state index contributed by atoms with van der Waals surface area (Å²) in [4.78, 5) is 14.0. The Kier molecular flexibility index (Phi) is 5.73. The van der Waals surface area contributed by atoms with Gasteiger partial charge in [0.15, 0.2) is 0 Å². The lowest BCUT2D eigenvalue weighted by molar-refractivity contribution is -0.128. The first-order valence-electron chi connectivity index (χ1n) is 8.55. The van der Waals surface area contributed by atoms with E-state index in [1.807, 2.05) is 18.2 Å². The fraction of sp³-hybridized carbons (Fsp3) is 0.350. The van der Waals surface area contributed by atoms with E-state index in [9.17, 15) is 9.18 Å². The number of carbonyl (C=O) groups excluding carboxylic acids is 1. The Balaban J connectivity index is 1.56. The molecule has 1 aliphatic rings. The average Bonchev–Trinajstić information content (AvgIpc) is 3.01. The first-order valence-corrected chi connectivity index (χ1v) is 8.55. The van der Waals surface area contributed by atoms with Crippen LogP contribution in [0.1, 0.15) is 17.5 Å². The first-order chi connectivity index (χ1) is 12.6. The maximum absolute atomic E-state index is 13.0. The van der Waals surface area contributed by atoms with Crippen LogP contribution in [-0.4, -0.2) is 37.6 Å². The molecule has 1 atom stereocenters. The minimum Gasteiger partial charge on any atom is -0.497 e. The number of benzene rings is 2. The predicted molar refractivity (Wildman–Crippen MR) is 96.6 cm³/mol. The maximum atomic E-state index is 13.0. The molecule has 26 heavy (non-hydrogen) atoms. The summed E-state index contributed by atoms with van der Waals surface area (Å²) in [6.07, 6.45) is 0.461. The highest BCUT2D eigenvalue weighted by molar-refractivity contribution is 5.79. The molecule has 0 aromatic heterocycles. The van der Waals surface area contributed by atoms with Crippen LogP contribution in [0.25, 0.3) is 0 Å². The van der Waals surface area contributed by atoms with E-state index < -0.39 is 0 Å². The highest BCUT2D eigenvalue weighted by atomic mass is 19.1. The molecule has 1 amide bonds. The SMILES string of the molecule is COc1cc(CNC2CC(=O)N(Cc3ccc(F)cc3)C2)cc(OC)c1. The van der Waals surface area contributed by atoms with Gasteiger partial charge in [0.2, 0.25) is 5.91 Å². The van der Waals surface area contributed by atoms with Crippen LogP contribution in [0.4, 0.5) is 4.39 Å². The molecule has 2 aromatic carbocycles. The van der Waals surface area contributed by atoms with Gasteiger partial charge in [-0.3, -0.25) is 4.79 Å². The van der Waals surface area contributed by atoms with Crippen molar-refractivity contribution in [3.8, 4) is 11.5 Å². The lowest BCUT2D eigenvalue weighted by Crippen LogP contribution is -2.32. The van der Waals surface area contributed by atoms with Gasteiger partial charge in [0.25, 0.3) is 0 Å². The second kappa shape index (κ2) is 8.19. The van der Waals surface area contributed by atoms with Crippen LogP contribution in [0, 0.1) is 5.82 Å². The molecule has 6 heteroatoms. The van der Waals surface area contributed by atoms with E-state index in [0.29, 0.717) is 26.1 Å². The lowest BCUT2D eigenvalue weighted by Gasteiger charge is -2.17. The van der Waals surface area contributed by atoms with Gasteiger partial charge in [0.1, 0.15) is 17.3 Å². The van der Waals surface area contributed by atoms with E-state index in [2.05, 4.69) is 5.32 Å². The Morgan fingerprint density at radius 1 is 1.08 bits per heavy atom. The predicted octanol–water partition coefficient (Wildman–Crippen LogP) is 2.73. The Labute approximate surface area is 152 Å². The van der Waals surface area contributed by atoms with Crippen molar-refractivity contribution in [2.75, 3.05) is 20.8 Å².